The molecule has 1 rings (SSSR count). The Kier molecular flexibility index (Phi) is 7.55. The van der Waals surface area contributed by atoms with E-state index < -0.39 is 0 Å². The van der Waals surface area contributed by atoms with E-state index in [1.165, 1.54) is 5.56 Å². The maximum absolute atomic E-state index is 5.93. The number of rotatable bonds is 8. The van der Waals surface area contributed by atoms with Gasteiger partial charge in [0.15, 0.2) is 5.96 Å². The van der Waals surface area contributed by atoms with Crippen molar-refractivity contribution in [2.24, 2.45) is 10.7 Å². The topological polar surface area (TPSA) is 59.6 Å². The lowest BCUT2D eigenvalue weighted by molar-refractivity contribution is 0.205. The Morgan fingerprint density at radius 1 is 1.40 bits per heavy atom. The normalized spacial score (nSPS) is 13.1. The predicted octanol–water partition coefficient (Wildman–Crippen LogP) is 2.86. The van der Waals surface area contributed by atoms with Gasteiger partial charge in [-0.2, -0.15) is 0 Å². The molecule has 0 saturated carbocycles. The average Bonchev–Trinajstić information content (AvgIpc) is 2.43. The second-order valence-corrected chi connectivity index (χ2v) is 4.97. The molecule has 1 unspecified atom stereocenters. The van der Waals surface area contributed by atoms with E-state index in [0.717, 1.165) is 31.6 Å². The number of guanidine groups is 1. The number of hydrogen-bond acceptors (Lipinski definition) is 2. The van der Waals surface area contributed by atoms with E-state index >= 15 is 0 Å². The highest BCUT2D eigenvalue weighted by Gasteiger charge is 2.07. The molecule has 3 N–H and O–H groups in total. The molecule has 0 radical (unpaired) electrons. The SMILES string of the molecule is CCCCNC(N)=NCC(CC)Oc1cccc(C)c1. The standard InChI is InChI=1S/C16H27N3O/c1-4-6-10-18-16(17)19-12-14(5-2)20-15-9-7-8-13(3)11-15/h7-9,11,14H,4-6,10,12H2,1-3H3,(H3,17,18,19). The first-order valence-electron chi connectivity index (χ1n) is 7.42. The van der Waals surface area contributed by atoms with Gasteiger partial charge in [0.05, 0.1) is 6.54 Å². The van der Waals surface area contributed by atoms with Gasteiger partial charge in [-0.25, -0.2) is 4.99 Å². The molecule has 4 nitrogen and oxygen atoms in total. The number of nitrogens with zero attached hydrogens (tertiary/aromatic N) is 1. The number of ether oxygens (including phenoxy) is 1. The van der Waals surface area contributed by atoms with Crippen molar-refractivity contribution in [1.82, 2.24) is 5.32 Å². The third-order valence-corrected chi connectivity index (χ3v) is 3.05. The fraction of sp³-hybridized carbons (Fsp3) is 0.562. The predicted molar refractivity (Wildman–Crippen MR) is 85.3 cm³/mol. The summed E-state index contributed by atoms with van der Waals surface area (Å²) in [6.45, 7) is 7.76. The van der Waals surface area contributed by atoms with Crippen molar-refractivity contribution in [1.29, 1.82) is 0 Å². The fourth-order valence-corrected chi connectivity index (χ4v) is 1.78. The van der Waals surface area contributed by atoms with Gasteiger partial charge in [-0.15, -0.1) is 0 Å². The number of benzene rings is 1. The molecule has 1 atom stereocenters. The van der Waals surface area contributed by atoms with Crippen LogP contribution < -0.4 is 15.8 Å². The van der Waals surface area contributed by atoms with Crippen molar-refractivity contribution < 1.29 is 4.74 Å². The quantitative estimate of drug-likeness (QED) is 0.436. The van der Waals surface area contributed by atoms with Gasteiger partial charge in [0, 0.05) is 6.54 Å². The first kappa shape index (κ1) is 16.3. The van der Waals surface area contributed by atoms with E-state index in [9.17, 15) is 0 Å². The third kappa shape index (κ3) is 6.45. The van der Waals surface area contributed by atoms with Crippen molar-refractivity contribution in [2.75, 3.05) is 13.1 Å². The summed E-state index contributed by atoms with van der Waals surface area (Å²) in [5.41, 5.74) is 7.01. The highest BCUT2D eigenvalue weighted by Crippen LogP contribution is 2.15. The van der Waals surface area contributed by atoms with Crippen molar-refractivity contribution in [3.63, 3.8) is 0 Å². The Hall–Kier alpha value is -1.71. The van der Waals surface area contributed by atoms with Gasteiger partial charge in [-0.05, 0) is 37.5 Å². The molecule has 1 aromatic rings. The molecule has 112 valence electrons. The summed E-state index contributed by atoms with van der Waals surface area (Å²) in [4.78, 5) is 4.34. The zero-order chi connectivity index (χ0) is 14.8. The van der Waals surface area contributed by atoms with Crippen molar-refractivity contribution in [3.8, 4) is 5.75 Å². The molecular weight excluding hydrogens is 250 g/mol. The van der Waals surface area contributed by atoms with E-state index in [4.69, 9.17) is 10.5 Å². The number of nitrogens with two attached hydrogens (primary N) is 1. The summed E-state index contributed by atoms with van der Waals surface area (Å²) >= 11 is 0. The van der Waals surface area contributed by atoms with Gasteiger partial charge in [0.25, 0.3) is 0 Å². The molecule has 20 heavy (non-hydrogen) atoms. The van der Waals surface area contributed by atoms with E-state index in [0.29, 0.717) is 12.5 Å². The second-order valence-electron chi connectivity index (χ2n) is 4.97. The van der Waals surface area contributed by atoms with Crippen LogP contribution >= 0.6 is 0 Å². The molecule has 0 amide bonds. The largest absolute Gasteiger partial charge is 0.489 e. The van der Waals surface area contributed by atoms with E-state index in [-0.39, 0.29) is 6.10 Å². The maximum Gasteiger partial charge on any atom is 0.188 e. The highest BCUT2D eigenvalue weighted by molar-refractivity contribution is 5.77. The molecule has 0 heterocycles. The summed E-state index contributed by atoms with van der Waals surface area (Å²) in [7, 11) is 0. The molecule has 0 fully saturated rings. The van der Waals surface area contributed by atoms with Crippen LogP contribution in [0, 0.1) is 6.92 Å². The van der Waals surface area contributed by atoms with Crippen LogP contribution in [0.1, 0.15) is 38.7 Å². The third-order valence-electron chi connectivity index (χ3n) is 3.05. The average molecular weight is 277 g/mol. The Bertz CT molecular complexity index is 418. The van der Waals surface area contributed by atoms with Gasteiger partial charge >= 0.3 is 0 Å². The Labute approximate surface area is 122 Å². The molecule has 0 aliphatic carbocycles. The van der Waals surface area contributed by atoms with Crippen molar-refractivity contribution in [2.45, 2.75) is 46.1 Å². The van der Waals surface area contributed by atoms with Crippen LogP contribution in [-0.4, -0.2) is 25.2 Å². The lowest BCUT2D eigenvalue weighted by Gasteiger charge is -2.16. The fourth-order valence-electron chi connectivity index (χ4n) is 1.78. The summed E-state index contributed by atoms with van der Waals surface area (Å²) in [5, 5.41) is 3.11. The summed E-state index contributed by atoms with van der Waals surface area (Å²) in [5.74, 6) is 1.40. The Balaban J connectivity index is 2.44. The minimum absolute atomic E-state index is 0.0586. The number of hydrogen-bond donors (Lipinski definition) is 2. The van der Waals surface area contributed by atoms with E-state index in [2.05, 4.69) is 37.1 Å². The minimum atomic E-state index is 0.0586. The molecule has 0 aliphatic rings. The lowest BCUT2D eigenvalue weighted by atomic mass is 10.2. The highest BCUT2D eigenvalue weighted by atomic mass is 16.5. The molecule has 0 aliphatic heterocycles. The Morgan fingerprint density at radius 3 is 2.85 bits per heavy atom. The van der Waals surface area contributed by atoms with Gasteiger partial charge < -0.3 is 15.8 Å². The lowest BCUT2D eigenvalue weighted by Crippen LogP contribution is -2.33. The van der Waals surface area contributed by atoms with Crippen molar-refractivity contribution >= 4 is 5.96 Å². The number of aliphatic imine (C=N–C) groups is 1. The molecule has 1 aromatic carbocycles. The minimum Gasteiger partial charge on any atom is -0.489 e. The molecule has 4 heteroatoms. The van der Waals surface area contributed by atoms with Crippen LogP contribution in [0.2, 0.25) is 0 Å². The summed E-state index contributed by atoms with van der Waals surface area (Å²) in [6.07, 6.45) is 3.21. The molecule has 0 aromatic heterocycles. The van der Waals surface area contributed by atoms with Gasteiger partial charge in [-0.1, -0.05) is 32.4 Å². The van der Waals surface area contributed by atoms with Gasteiger partial charge in [0.2, 0.25) is 0 Å². The van der Waals surface area contributed by atoms with Crippen LogP contribution in [0.4, 0.5) is 0 Å². The van der Waals surface area contributed by atoms with Crippen LogP contribution in [0.25, 0.3) is 0 Å². The van der Waals surface area contributed by atoms with Crippen LogP contribution in [0.3, 0.4) is 0 Å². The summed E-state index contributed by atoms with van der Waals surface area (Å²) in [6, 6.07) is 8.07. The second kappa shape index (κ2) is 9.23. The van der Waals surface area contributed by atoms with Crippen LogP contribution in [0.15, 0.2) is 29.3 Å². The van der Waals surface area contributed by atoms with E-state index in [1.54, 1.807) is 0 Å². The first-order chi connectivity index (χ1) is 9.65. The van der Waals surface area contributed by atoms with Crippen LogP contribution in [0.5, 0.6) is 5.75 Å². The first-order valence-corrected chi connectivity index (χ1v) is 7.42. The molecule has 0 spiro atoms. The van der Waals surface area contributed by atoms with Crippen molar-refractivity contribution in [3.05, 3.63) is 29.8 Å². The Morgan fingerprint density at radius 2 is 2.20 bits per heavy atom. The molecule has 0 saturated heterocycles. The molecular formula is C16H27N3O. The zero-order valence-electron chi connectivity index (χ0n) is 12.9. The molecule has 0 bridgehead atoms. The maximum atomic E-state index is 5.93. The number of unbranched alkanes of at least 4 members (excludes halogenated alkanes) is 1. The van der Waals surface area contributed by atoms with Gasteiger partial charge in [0.1, 0.15) is 11.9 Å². The zero-order valence-corrected chi connectivity index (χ0v) is 12.9. The number of aryl methyl sites for hydroxylation is 1. The van der Waals surface area contributed by atoms with Crippen LogP contribution in [-0.2, 0) is 0 Å². The summed E-state index contributed by atoms with van der Waals surface area (Å²) < 4.78 is 5.93. The smallest absolute Gasteiger partial charge is 0.188 e. The number of nitrogens with one attached hydrogen (secondary N) is 1. The monoisotopic (exact) mass is 277 g/mol. The van der Waals surface area contributed by atoms with Gasteiger partial charge in [-0.3, -0.25) is 0 Å². The van der Waals surface area contributed by atoms with E-state index in [1.807, 2.05) is 18.2 Å².